The second-order valence-electron chi connectivity index (χ2n) is 8.05. The topological polar surface area (TPSA) is 61.9 Å². The number of carbonyl (C=O) groups is 2. The number of nitrogens with zero attached hydrogens (tertiary/aromatic N) is 2. The van der Waals surface area contributed by atoms with Crippen molar-refractivity contribution in [1.82, 2.24) is 4.90 Å². The van der Waals surface area contributed by atoms with Crippen LogP contribution in [0.2, 0.25) is 0 Å². The number of nitrogens with one attached hydrogen (secondary N) is 1. The van der Waals surface area contributed by atoms with Crippen LogP contribution in [0.25, 0.3) is 0 Å². The molecule has 9 heteroatoms. The minimum atomic E-state index is -4.49. The first-order chi connectivity index (χ1) is 16.8. The Kier molecular flexibility index (Phi) is 7.24. The van der Waals surface area contributed by atoms with Crippen LogP contribution in [0.5, 0.6) is 5.75 Å². The zero-order chi connectivity index (χ0) is 24.8. The summed E-state index contributed by atoms with van der Waals surface area (Å²) in [5.41, 5.74) is 0.830. The number of carbonyl (C=O) groups excluding carboxylic acids is 2. The summed E-state index contributed by atoms with van der Waals surface area (Å²) in [6.07, 6.45) is -4.49. The monoisotopic (exact) mass is 483 g/mol. The van der Waals surface area contributed by atoms with Crippen molar-refractivity contribution >= 4 is 23.2 Å². The Balaban J connectivity index is 1.26. The number of para-hydroxylation sites is 1. The van der Waals surface area contributed by atoms with E-state index in [1.165, 1.54) is 12.1 Å². The van der Waals surface area contributed by atoms with Crippen LogP contribution < -0.4 is 15.0 Å². The lowest BCUT2D eigenvalue weighted by molar-refractivity contribution is -0.137. The summed E-state index contributed by atoms with van der Waals surface area (Å²) in [4.78, 5) is 29.0. The van der Waals surface area contributed by atoms with Gasteiger partial charge in [0.15, 0.2) is 6.61 Å². The maximum absolute atomic E-state index is 12.8. The van der Waals surface area contributed by atoms with Gasteiger partial charge in [-0.2, -0.15) is 13.2 Å². The smallest absolute Gasteiger partial charge is 0.416 e. The lowest BCUT2D eigenvalue weighted by Gasteiger charge is -2.36. The summed E-state index contributed by atoms with van der Waals surface area (Å²) in [6, 6.07) is 20.9. The van der Waals surface area contributed by atoms with Crippen LogP contribution >= 0.6 is 0 Å². The van der Waals surface area contributed by atoms with Gasteiger partial charge in [0, 0.05) is 43.1 Å². The Bertz CT molecular complexity index is 1160. The number of ether oxygens (including phenoxy) is 1. The van der Waals surface area contributed by atoms with Crippen LogP contribution in [0.1, 0.15) is 15.9 Å². The number of halogens is 3. The van der Waals surface area contributed by atoms with E-state index in [4.69, 9.17) is 4.74 Å². The van der Waals surface area contributed by atoms with Crippen LogP contribution in [0, 0.1) is 0 Å². The van der Waals surface area contributed by atoms with Crippen LogP contribution in [-0.4, -0.2) is 49.5 Å². The molecule has 0 saturated carbocycles. The minimum Gasteiger partial charge on any atom is -0.484 e. The number of benzene rings is 3. The van der Waals surface area contributed by atoms with E-state index in [2.05, 4.69) is 22.3 Å². The number of anilines is 2. The molecule has 3 aromatic carbocycles. The zero-order valence-corrected chi connectivity index (χ0v) is 18.8. The SMILES string of the molecule is O=C(COc1ccc(C(=O)N2CCN(c3ccccc3)CC2)cc1)Nc1cccc(C(F)(F)F)c1. The molecule has 4 rings (SSSR count). The molecule has 3 aromatic rings. The van der Waals surface area contributed by atoms with Crippen LogP contribution in [0.3, 0.4) is 0 Å². The fourth-order valence-corrected chi connectivity index (χ4v) is 3.80. The lowest BCUT2D eigenvalue weighted by Crippen LogP contribution is -2.48. The molecule has 0 radical (unpaired) electrons. The van der Waals surface area contributed by atoms with Gasteiger partial charge in [0.2, 0.25) is 0 Å². The largest absolute Gasteiger partial charge is 0.484 e. The molecule has 0 aliphatic carbocycles. The fraction of sp³-hybridized carbons (Fsp3) is 0.231. The van der Waals surface area contributed by atoms with E-state index in [1.54, 1.807) is 29.2 Å². The number of amides is 2. The van der Waals surface area contributed by atoms with Gasteiger partial charge in [-0.25, -0.2) is 0 Å². The molecule has 182 valence electrons. The highest BCUT2D eigenvalue weighted by Crippen LogP contribution is 2.30. The molecule has 1 aliphatic rings. The van der Waals surface area contributed by atoms with Crippen LogP contribution in [0.15, 0.2) is 78.9 Å². The van der Waals surface area contributed by atoms with Crippen molar-refractivity contribution < 1.29 is 27.5 Å². The van der Waals surface area contributed by atoms with Crippen molar-refractivity contribution in [2.75, 3.05) is 43.0 Å². The molecule has 1 N–H and O–H groups in total. The predicted octanol–water partition coefficient (Wildman–Crippen LogP) is 4.69. The molecule has 1 heterocycles. The van der Waals surface area contributed by atoms with E-state index in [0.717, 1.165) is 30.9 Å². The van der Waals surface area contributed by atoms with Crippen molar-refractivity contribution in [2.45, 2.75) is 6.18 Å². The third-order valence-electron chi connectivity index (χ3n) is 5.63. The van der Waals surface area contributed by atoms with Crippen molar-refractivity contribution in [3.8, 4) is 5.75 Å². The lowest BCUT2D eigenvalue weighted by atomic mass is 10.1. The van der Waals surface area contributed by atoms with Gasteiger partial charge in [0.05, 0.1) is 5.56 Å². The van der Waals surface area contributed by atoms with Crippen molar-refractivity contribution in [3.05, 3.63) is 90.0 Å². The Morgan fingerprint density at radius 2 is 1.54 bits per heavy atom. The molecule has 35 heavy (non-hydrogen) atoms. The molecule has 0 aromatic heterocycles. The average Bonchev–Trinajstić information content (AvgIpc) is 2.88. The number of piperazine rings is 1. The first kappa shape index (κ1) is 24.1. The van der Waals surface area contributed by atoms with Gasteiger partial charge in [-0.05, 0) is 54.6 Å². The normalized spacial score (nSPS) is 13.9. The highest BCUT2D eigenvalue weighted by atomic mass is 19.4. The van der Waals surface area contributed by atoms with Crippen molar-refractivity contribution in [3.63, 3.8) is 0 Å². The number of alkyl halides is 3. The third kappa shape index (κ3) is 6.32. The number of rotatable bonds is 6. The molecule has 6 nitrogen and oxygen atoms in total. The van der Waals surface area contributed by atoms with Crippen molar-refractivity contribution in [1.29, 1.82) is 0 Å². The molecule has 1 saturated heterocycles. The summed E-state index contributed by atoms with van der Waals surface area (Å²) in [5, 5.41) is 2.38. The predicted molar refractivity (Wildman–Crippen MR) is 127 cm³/mol. The quantitative estimate of drug-likeness (QED) is 0.553. The molecule has 0 unspecified atom stereocenters. The number of hydrogen-bond donors (Lipinski definition) is 1. The van der Waals surface area contributed by atoms with E-state index in [0.29, 0.717) is 24.4 Å². The molecular weight excluding hydrogens is 459 g/mol. The second-order valence-corrected chi connectivity index (χ2v) is 8.05. The minimum absolute atomic E-state index is 0.0294. The third-order valence-corrected chi connectivity index (χ3v) is 5.63. The highest BCUT2D eigenvalue weighted by Gasteiger charge is 2.30. The Morgan fingerprint density at radius 1 is 0.857 bits per heavy atom. The van der Waals surface area contributed by atoms with Gasteiger partial charge >= 0.3 is 6.18 Å². The molecule has 2 amide bonds. The highest BCUT2D eigenvalue weighted by molar-refractivity contribution is 5.94. The fourth-order valence-electron chi connectivity index (χ4n) is 3.80. The molecule has 0 atom stereocenters. The summed E-state index contributed by atoms with van der Waals surface area (Å²) < 4.78 is 43.8. The molecule has 1 aliphatic heterocycles. The van der Waals surface area contributed by atoms with Gasteiger partial charge < -0.3 is 19.9 Å². The maximum Gasteiger partial charge on any atom is 0.416 e. The van der Waals surface area contributed by atoms with E-state index < -0.39 is 17.6 Å². The van der Waals surface area contributed by atoms with Crippen molar-refractivity contribution in [2.24, 2.45) is 0 Å². The average molecular weight is 483 g/mol. The molecule has 0 bridgehead atoms. The molecule has 0 spiro atoms. The van der Waals surface area contributed by atoms with E-state index >= 15 is 0 Å². The van der Waals surface area contributed by atoms with Gasteiger partial charge in [-0.3, -0.25) is 9.59 Å². The summed E-state index contributed by atoms with van der Waals surface area (Å²) in [7, 11) is 0. The van der Waals surface area contributed by atoms with Gasteiger partial charge in [0.1, 0.15) is 5.75 Å². The standard InChI is InChI=1S/C26H24F3N3O3/c27-26(28,29)20-5-4-6-21(17-20)30-24(33)18-35-23-11-9-19(10-12-23)25(34)32-15-13-31(14-16-32)22-7-2-1-3-8-22/h1-12,17H,13-16,18H2,(H,30,33). The Labute approximate surface area is 200 Å². The van der Waals surface area contributed by atoms with Crippen LogP contribution in [-0.2, 0) is 11.0 Å². The Hall–Kier alpha value is -4.01. The zero-order valence-electron chi connectivity index (χ0n) is 18.8. The summed E-state index contributed by atoms with van der Waals surface area (Å²) in [6.45, 7) is 2.34. The first-order valence-corrected chi connectivity index (χ1v) is 11.1. The van der Waals surface area contributed by atoms with Crippen LogP contribution in [0.4, 0.5) is 24.5 Å². The van der Waals surface area contributed by atoms with E-state index in [9.17, 15) is 22.8 Å². The number of hydrogen-bond acceptors (Lipinski definition) is 4. The van der Waals surface area contributed by atoms with Gasteiger partial charge in [0.25, 0.3) is 11.8 Å². The summed E-state index contributed by atoms with van der Waals surface area (Å²) in [5.74, 6) is -0.304. The van der Waals surface area contributed by atoms with Gasteiger partial charge in [-0.15, -0.1) is 0 Å². The second kappa shape index (κ2) is 10.5. The maximum atomic E-state index is 12.8. The summed E-state index contributed by atoms with van der Waals surface area (Å²) >= 11 is 0. The Morgan fingerprint density at radius 3 is 2.20 bits per heavy atom. The first-order valence-electron chi connectivity index (χ1n) is 11.1. The molecular formula is C26H24F3N3O3. The van der Waals surface area contributed by atoms with E-state index in [-0.39, 0.29) is 18.2 Å². The van der Waals surface area contributed by atoms with Gasteiger partial charge in [-0.1, -0.05) is 24.3 Å². The molecule has 1 fully saturated rings. The van der Waals surface area contributed by atoms with E-state index in [1.807, 2.05) is 18.2 Å².